The van der Waals surface area contributed by atoms with E-state index in [1.165, 1.54) is 6.08 Å². The molecule has 0 unspecified atom stereocenters. The predicted octanol–water partition coefficient (Wildman–Crippen LogP) is 2.46. The van der Waals surface area contributed by atoms with Crippen LogP contribution in [0.3, 0.4) is 0 Å². The fraction of sp³-hybridized carbons (Fsp3) is 0.500. The van der Waals surface area contributed by atoms with Gasteiger partial charge in [-0.3, -0.25) is 0 Å². The standard InChI is InChI=1S/C10H16O2/c1-4-7-9(5-2)8-10(11)12-6-3/h5,8H,2,4,6-7H2,1,3H3. The molecule has 0 bridgehead atoms. The number of rotatable bonds is 5. The van der Waals surface area contributed by atoms with Crippen LogP contribution in [-0.4, -0.2) is 12.6 Å². The Hall–Kier alpha value is -1.05. The van der Waals surface area contributed by atoms with Crippen molar-refractivity contribution in [2.24, 2.45) is 0 Å². The van der Waals surface area contributed by atoms with E-state index in [4.69, 9.17) is 4.74 Å². The first-order valence-corrected chi connectivity index (χ1v) is 4.24. The van der Waals surface area contributed by atoms with Gasteiger partial charge in [0.25, 0.3) is 0 Å². The third-order valence-corrected chi connectivity index (χ3v) is 1.39. The van der Waals surface area contributed by atoms with E-state index < -0.39 is 0 Å². The number of carbonyl (C=O) groups is 1. The molecule has 0 aliphatic carbocycles. The summed E-state index contributed by atoms with van der Waals surface area (Å²) in [6, 6.07) is 0. The molecule has 0 rings (SSSR count). The quantitative estimate of drug-likeness (QED) is 0.358. The second-order valence-corrected chi connectivity index (χ2v) is 2.43. The van der Waals surface area contributed by atoms with Crippen LogP contribution < -0.4 is 0 Å². The van der Waals surface area contributed by atoms with Crippen LogP contribution in [0.25, 0.3) is 0 Å². The molecular formula is C10H16O2. The first kappa shape index (κ1) is 11.0. The highest BCUT2D eigenvalue weighted by Gasteiger charge is 1.97. The van der Waals surface area contributed by atoms with Crippen LogP contribution in [0.15, 0.2) is 24.3 Å². The maximum absolute atomic E-state index is 10.9. The van der Waals surface area contributed by atoms with E-state index in [1.807, 2.05) is 0 Å². The number of hydrogen-bond acceptors (Lipinski definition) is 2. The van der Waals surface area contributed by atoms with E-state index in [0.717, 1.165) is 18.4 Å². The number of ether oxygens (including phenoxy) is 1. The van der Waals surface area contributed by atoms with Crippen LogP contribution >= 0.6 is 0 Å². The summed E-state index contributed by atoms with van der Waals surface area (Å²) in [4.78, 5) is 10.9. The van der Waals surface area contributed by atoms with Crippen molar-refractivity contribution in [1.82, 2.24) is 0 Å². The highest BCUT2D eigenvalue weighted by atomic mass is 16.5. The lowest BCUT2D eigenvalue weighted by molar-refractivity contribution is -0.137. The van der Waals surface area contributed by atoms with Crippen LogP contribution in [0.5, 0.6) is 0 Å². The Bertz CT molecular complexity index is 180. The maximum atomic E-state index is 10.9. The van der Waals surface area contributed by atoms with Gasteiger partial charge in [0.1, 0.15) is 0 Å². The SMILES string of the molecule is C=CC(=CC(=O)OCC)CCC. The zero-order valence-corrected chi connectivity index (χ0v) is 7.80. The molecule has 0 saturated carbocycles. The summed E-state index contributed by atoms with van der Waals surface area (Å²) in [5.74, 6) is -0.277. The molecule has 0 atom stereocenters. The number of hydrogen-bond donors (Lipinski definition) is 0. The molecule has 2 nitrogen and oxygen atoms in total. The third kappa shape index (κ3) is 4.72. The van der Waals surface area contributed by atoms with E-state index >= 15 is 0 Å². The fourth-order valence-electron chi connectivity index (χ4n) is 0.857. The Morgan fingerprint density at radius 3 is 2.58 bits per heavy atom. The summed E-state index contributed by atoms with van der Waals surface area (Å²) in [5, 5.41) is 0. The monoisotopic (exact) mass is 168 g/mol. The minimum absolute atomic E-state index is 0.277. The lowest BCUT2D eigenvalue weighted by Gasteiger charge is -1.99. The van der Waals surface area contributed by atoms with Crippen molar-refractivity contribution in [2.45, 2.75) is 26.7 Å². The Morgan fingerprint density at radius 1 is 1.50 bits per heavy atom. The smallest absolute Gasteiger partial charge is 0.331 e. The summed E-state index contributed by atoms with van der Waals surface area (Å²) in [6.07, 6.45) is 5.08. The van der Waals surface area contributed by atoms with Gasteiger partial charge in [0, 0.05) is 6.08 Å². The minimum atomic E-state index is -0.277. The zero-order valence-electron chi connectivity index (χ0n) is 7.80. The molecular weight excluding hydrogens is 152 g/mol. The van der Waals surface area contributed by atoms with Crippen LogP contribution in [0.2, 0.25) is 0 Å². The molecule has 0 aromatic heterocycles. The lowest BCUT2D eigenvalue weighted by atomic mass is 10.1. The molecule has 0 N–H and O–H groups in total. The molecule has 0 spiro atoms. The first-order valence-electron chi connectivity index (χ1n) is 4.24. The molecule has 12 heavy (non-hydrogen) atoms. The van der Waals surface area contributed by atoms with Crippen molar-refractivity contribution in [3.8, 4) is 0 Å². The topological polar surface area (TPSA) is 26.3 Å². The van der Waals surface area contributed by atoms with Gasteiger partial charge in [-0.25, -0.2) is 4.79 Å². The van der Waals surface area contributed by atoms with Gasteiger partial charge in [0.2, 0.25) is 0 Å². The van der Waals surface area contributed by atoms with Crippen LogP contribution in [0.4, 0.5) is 0 Å². The van der Waals surface area contributed by atoms with Crippen molar-refractivity contribution in [3.05, 3.63) is 24.3 Å². The molecule has 0 fully saturated rings. The minimum Gasteiger partial charge on any atom is -0.463 e. The predicted molar refractivity (Wildman–Crippen MR) is 49.8 cm³/mol. The summed E-state index contributed by atoms with van der Waals surface area (Å²) in [5.41, 5.74) is 0.941. The Kier molecular flexibility index (Phi) is 6.07. The third-order valence-electron chi connectivity index (χ3n) is 1.39. The van der Waals surface area contributed by atoms with Gasteiger partial charge in [0.15, 0.2) is 0 Å². The molecule has 0 aromatic carbocycles. The van der Waals surface area contributed by atoms with Crippen LogP contribution in [-0.2, 0) is 9.53 Å². The van der Waals surface area contributed by atoms with Gasteiger partial charge in [-0.1, -0.05) is 26.0 Å². The average Bonchev–Trinajstić information content (AvgIpc) is 2.04. The van der Waals surface area contributed by atoms with Gasteiger partial charge in [-0.15, -0.1) is 0 Å². The van der Waals surface area contributed by atoms with Crippen molar-refractivity contribution in [3.63, 3.8) is 0 Å². The van der Waals surface area contributed by atoms with E-state index in [9.17, 15) is 4.79 Å². The summed E-state index contributed by atoms with van der Waals surface area (Å²) in [6.45, 7) is 7.89. The Balaban J connectivity index is 4.07. The second kappa shape index (κ2) is 6.65. The maximum Gasteiger partial charge on any atom is 0.331 e. The number of esters is 1. The van der Waals surface area contributed by atoms with Crippen molar-refractivity contribution in [2.75, 3.05) is 6.61 Å². The van der Waals surface area contributed by atoms with Gasteiger partial charge in [-0.2, -0.15) is 0 Å². The van der Waals surface area contributed by atoms with Gasteiger partial charge in [0.05, 0.1) is 6.61 Å². The van der Waals surface area contributed by atoms with Crippen LogP contribution in [0, 0.1) is 0 Å². The summed E-state index contributed by atoms with van der Waals surface area (Å²) >= 11 is 0. The van der Waals surface area contributed by atoms with Gasteiger partial charge >= 0.3 is 5.97 Å². The summed E-state index contributed by atoms with van der Waals surface area (Å²) in [7, 11) is 0. The molecule has 2 heteroatoms. The molecule has 68 valence electrons. The van der Waals surface area contributed by atoms with Crippen molar-refractivity contribution in [1.29, 1.82) is 0 Å². The second-order valence-electron chi connectivity index (χ2n) is 2.43. The van der Waals surface area contributed by atoms with E-state index in [2.05, 4.69) is 13.5 Å². The molecule has 0 amide bonds. The summed E-state index contributed by atoms with van der Waals surface area (Å²) < 4.78 is 4.76. The molecule has 0 aliphatic heterocycles. The molecule has 0 saturated heterocycles. The largest absolute Gasteiger partial charge is 0.463 e. The van der Waals surface area contributed by atoms with Crippen molar-refractivity contribution >= 4 is 5.97 Å². The highest BCUT2D eigenvalue weighted by molar-refractivity contribution is 5.83. The Labute approximate surface area is 73.9 Å². The Morgan fingerprint density at radius 2 is 2.17 bits per heavy atom. The van der Waals surface area contributed by atoms with E-state index in [1.54, 1.807) is 13.0 Å². The van der Waals surface area contributed by atoms with Crippen LogP contribution in [0.1, 0.15) is 26.7 Å². The number of allylic oxidation sites excluding steroid dienone is 2. The fourth-order valence-corrected chi connectivity index (χ4v) is 0.857. The van der Waals surface area contributed by atoms with Crippen molar-refractivity contribution < 1.29 is 9.53 Å². The average molecular weight is 168 g/mol. The van der Waals surface area contributed by atoms with Gasteiger partial charge in [-0.05, 0) is 18.9 Å². The normalized spacial score (nSPS) is 11.0. The molecule has 0 radical (unpaired) electrons. The zero-order chi connectivity index (χ0) is 9.40. The first-order chi connectivity index (χ1) is 5.74. The highest BCUT2D eigenvalue weighted by Crippen LogP contribution is 2.05. The number of carbonyl (C=O) groups excluding carboxylic acids is 1. The van der Waals surface area contributed by atoms with Gasteiger partial charge < -0.3 is 4.74 Å². The van der Waals surface area contributed by atoms with E-state index in [-0.39, 0.29) is 5.97 Å². The van der Waals surface area contributed by atoms with E-state index in [0.29, 0.717) is 6.61 Å². The molecule has 0 aliphatic rings. The molecule has 0 aromatic rings. The lowest BCUT2D eigenvalue weighted by Crippen LogP contribution is -2.00. The molecule has 0 heterocycles.